The van der Waals surface area contributed by atoms with E-state index in [-0.39, 0.29) is 12.1 Å². The van der Waals surface area contributed by atoms with E-state index in [1.165, 1.54) is 11.3 Å². The number of thioether (sulfide) groups is 1. The molecule has 0 bridgehead atoms. The number of fused-ring (bicyclic) bond motifs is 1. The first-order valence-corrected chi connectivity index (χ1v) is 13.2. The molecule has 8 nitrogen and oxygen atoms in total. The van der Waals surface area contributed by atoms with Gasteiger partial charge in [-0.25, -0.2) is 9.78 Å². The van der Waals surface area contributed by atoms with E-state index in [2.05, 4.69) is 49.6 Å². The summed E-state index contributed by atoms with van der Waals surface area (Å²) in [6.07, 6.45) is 6.71. The second-order valence-electron chi connectivity index (χ2n) is 9.31. The highest BCUT2D eigenvalue weighted by Gasteiger charge is 2.28. The van der Waals surface area contributed by atoms with Gasteiger partial charge in [-0.3, -0.25) is 4.68 Å². The van der Waals surface area contributed by atoms with Gasteiger partial charge in [0.25, 0.3) is 0 Å². The molecule has 2 N–H and O–H groups in total. The third kappa shape index (κ3) is 4.95. The van der Waals surface area contributed by atoms with Crippen molar-refractivity contribution in [2.24, 2.45) is 0 Å². The number of anilines is 1. The van der Waals surface area contributed by atoms with Gasteiger partial charge in [0.15, 0.2) is 0 Å². The van der Waals surface area contributed by atoms with Crippen LogP contribution in [0.2, 0.25) is 0 Å². The lowest BCUT2D eigenvalue weighted by molar-refractivity contribution is 0.250. The van der Waals surface area contributed by atoms with Crippen molar-refractivity contribution in [1.29, 1.82) is 5.26 Å². The molecule has 9 heteroatoms. The molecule has 2 heterocycles. The molecule has 1 saturated carbocycles. The van der Waals surface area contributed by atoms with Crippen molar-refractivity contribution in [2.75, 3.05) is 11.1 Å². The Kier molecular flexibility index (Phi) is 6.96. The van der Waals surface area contributed by atoms with Gasteiger partial charge in [0.05, 0.1) is 23.3 Å². The molecule has 0 spiro atoms. The van der Waals surface area contributed by atoms with Crippen LogP contribution in [-0.4, -0.2) is 37.2 Å². The summed E-state index contributed by atoms with van der Waals surface area (Å²) in [5.74, 6) is 0.885. The third-order valence-corrected chi connectivity index (χ3v) is 7.39. The van der Waals surface area contributed by atoms with E-state index in [9.17, 15) is 10.1 Å². The molecule has 0 unspecified atom stereocenters. The maximum atomic E-state index is 12.1. The molecule has 5 rings (SSSR count). The standard InChI is InChI=1S/C27H29N7OS/c1-18(2)31-27(35)32-20-8-6-19(7-9-20)26-24(15-28)23-11-10-22(36-13-12-33-17-29-16-30-33)14-25(23)34(26)21-4-3-5-21/h6-11,14,16-18,21H,3-5,12-13H2,1-2H3,(H2,31,32,35). The van der Waals surface area contributed by atoms with Crippen LogP contribution in [0.3, 0.4) is 0 Å². The van der Waals surface area contributed by atoms with Crippen LogP contribution in [0.1, 0.15) is 44.7 Å². The molecule has 0 saturated heterocycles. The first-order chi connectivity index (χ1) is 17.5. The Morgan fingerprint density at radius 1 is 1.22 bits per heavy atom. The molecule has 2 aromatic heterocycles. The van der Waals surface area contributed by atoms with Crippen molar-refractivity contribution >= 4 is 34.4 Å². The predicted molar refractivity (Wildman–Crippen MR) is 143 cm³/mol. The number of nitriles is 1. The largest absolute Gasteiger partial charge is 0.336 e. The Morgan fingerprint density at radius 3 is 2.67 bits per heavy atom. The summed E-state index contributed by atoms with van der Waals surface area (Å²) in [5.41, 5.74) is 4.46. The van der Waals surface area contributed by atoms with Crippen LogP contribution >= 0.6 is 11.8 Å². The number of aryl methyl sites for hydroxylation is 1. The summed E-state index contributed by atoms with van der Waals surface area (Å²) in [6, 6.07) is 16.9. The molecule has 1 aliphatic rings. The molecule has 2 aromatic carbocycles. The van der Waals surface area contributed by atoms with Crippen LogP contribution in [0.4, 0.5) is 10.5 Å². The summed E-state index contributed by atoms with van der Waals surface area (Å²) in [7, 11) is 0. The van der Waals surface area contributed by atoms with E-state index in [0.29, 0.717) is 17.3 Å². The topological polar surface area (TPSA) is 101 Å². The van der Waals surface area contributed by atoms with E-state index in [1.54, 1.807) is 24.4 Å². The second-order valence-corrected chi connectivity index (χ2v) is 10.5. The molecule has 0 atom stereocenters. The Balaban J connectivity index is 1.47. The molecule has 0 radical (unpaired) electrons. The smallest absolute Gasteiger partial charge is 0.319 e. The van der Waals surface area contributed by atoms with Gasteiger partial charge in [-0.05, 0) is 62.9 Å². The number of nitrogens with zero attached hydrogens (tertiary/aromatic N) is 5. The van der Waals surface area contributed by atoms with Gasteiger partial charge >= 0.3 is 6.03 Å². The lowest BCUT2D eigenvalue weighted by Crippen LogP contribution is -2.34. The number of amides is 2. The lowest BCUT2D eigenvalue weighted by Gasteiger charge is -2.30. The number of nitrogens with one attached hydrogen (secondary N) is 2. The molecule has 2 amide bonds. The second kappa shape index (κ2) is 10.5. The monoisotopic (exact) mass is 499 g/mol. The number of hydrogen-bond acceptors (Lipinski definition) is 5. The molecule has 0 aliphatic heterocycles. The van der Waals surface area contributed by atoms with Gasteiger partial charge in [0.1, 0.15) is 18.7 Å². The number of aromatic nitrogens is 4. The van der Waals surface area contributed by atoms with Crippen molar-refractivity contribution in [3.8, 4) is 17.3 Å². The zero-order chi connectivity index (χ0) is 25.1. The summed E-state index contributed by atoms with van der Waals surface area (Å²) >= 11 is 1.78. The van der Waals surface area contributed by atoms with E-state index >= 15 is 0 Å². The first-order valence-electron chi connectivity index (χ1n) is 12.2. The van der Waals surface area contributed by atoms with Crippen molar-refractivity contribution in [3.63, 3.8) is 0 Å². The van der Waals surface area contributed by atoms with Crippen molar-refractivity contribution in [2.45, 2.75) is 56.6 Å². The van der Waals surface area contributed by atoms with Crippen molar-refractivity contribution in [1.82, 2.24) is 24.6 Å². The molecule has 184 valence electrons. The van der Waals surface area contributed by atoms with E-state index in [0.717, 1.165) is 47.3 Å². The fraction of sp³-hybridized carbons (Fsp3) is 0.333. The van der Waals surface area contributed by atoms with E-state index in [4.69, 9.17) is 0 Å². The number of urea groups is 1. The van der Waals surface area contributed by atoms with Crippen LogP contribution in [0.15, 0.2) is 60.0 Å². The fourth-order valence-electron chi connectivity index (χ4n) is 4.55. The van der Waals surface area contributed by atoms with Crippen LogP contribution in [0, 0.1) is 11.3 Å². The van der Waals surface area contributed by atoms with Gasteiger partial charge < -0.3 is 15.2 Å². The number of benzene rings is 2. The zero-order valence-corrected chi connectivity index (χ0v) is 21.3. The average Bonchev–Trinajstić information content (AvgIpc) is 3.44. The third-order valence-electron chi connectivity index (χ3n) is 6.42. The maximum absolute atomic E-state index is 12.1. The van der Waals surface area contributed by atoms with Crippen LogP contribution in [-0.2, 0) is 6.54 Å². The fourth-order valence-corrected chi connectivity index (χ4v) is 5.42. The summed E-state index contributed by atoms with van der Waals surface area (Å²) < 4.78 is 4.20. The van der Waals surface area contributed by atoms with Crippen LogP contribution < -0.4 is 10.6 Å². The SMILES string of the molecule is CC(C)NC(=O)Nc1ccc(-c2c(C#N)c3ccc(SCCn4cncn4)cc3n2C2CCC2)cc1. The minimum absolute atomic E-state index is 0.0614. The van der Waals surface area contributed by atoms with E-state index < -0.39 is 0 Å². The van der Waals surface area contributed by atoms with Gasteiger partial charge in [-0.1, -0.05) is 18.2 Å². The number of carbonyl (C=O) groups excluding carboxylic acids is 1. The normalized spacial score (nSPS) is 13.5. The molecule has 1 fully saturated rings. The summed E-state index contributed by atoms with van der Waals surface area (Å²) in [5, 5.41) is 21.0. The molecular formula is C27H29N7OS. The highest BCUT2D eigenvalue weighted by molar-refractivity contribution is 7.99. The van der Waals surface area contributed by atoms with Gasteiger partial charge in [0, 0.05) is 33.8 Å². The summed E-state index contributed by atoms with van der Waals surface area (Å²) in [6.45, 7) is 4.63. The Morgan fingerprint density at radius 2 is 2.03 bits per heavy atom. The molecule has 4 aromatic rings. The number of hydrogen-bond donors (Lipinski definition) is 2. The predicted octanol–water partition coefficient (Wildman–Crippen LogP) is 5.82. The Bertz CT molecular complexity index is 1400. The lowest BCUT2D eigenvalue weighted by atomic mass is 9.92. The number of carbonyl (C=O) groups is 1. The average molecular weight is 500 g/mol. The minimum atomic E-state index is -0.229. The van der Waals surface area contributed by atoms with Crippen LogP contribution in [0.25, 0.3) is 22.2 Å². The molecule has 1 aliphatic carbocycles. The highest BCUT2D eigenvalue weighted by Crippen LogP contribution is 2.43. The van der Waals surface area contributed by atoms with Crippen molar-refractivity contribution < 1.29 is 4.79 Å². The molecular weight excluding hydrogens is 470 g/mol. The van der Waals surface area contributed by atoms with Crippen LogP contribution in [0.5, 0.6) is 0 Å². The van der Waals surface area contributed by atoms with Crippen molar-refractivity contribution in [3.05, 3.63) is 60.7 Å². The van der Waals surface area contributed by atoms with Gasteiger partial charge in [-0.15, -0.1) is 11.8 Å². The first kappa shape index (κ1) is 23.9. The van der Waals surface area contributed by atoms with E-state index in [1.807, 2.05) is 42.8 Å². The Hall–Kier alpha value is -3.77. The van der Waals surface area contributed by atoms with Gasteiger partial charge in [-0.2, -0.15) is 10.4 Å². The quantitative estimate of drug-likeness (QED) is 0.298. The summed E-state index contributed by atoms with van der Waals surface area (Å²) in [4.78, 5) is 17.3. The minimum Gasteiger partial charge on any atom is -0.336 e. The maximum Gasteiger partial charge on any atom is 0.319 e. The Labute approximate surface area is 214 Å². The van der Waals surface area contributed by atoms with Gasteiger partial charge in [0.2, 0.25) is 0 Å². The highest BCUT2D eigenvalue weighted by atomic mass is 32.2. The molecule has 36 heavy (non-hydrogen) atoms. The number of rotatable bonds is 8. The zero-order valence-electron chi connectivity index (χ0n) is 20.4.